The fraction of sp³-hybridized carbons (Fsp3) is 0.100. The summed E-state index contributed by atoms with van der Waals surface area (Å²) < 4.78 is 6.62. The number of hydrogen-bond acceptors (Lipinski definition) is 6. The van der Waals surface area contributed by atoms with Gasteiger partial charge in [0.25, 0.3) is 0 Å². The SMILES string of the molecule is COC(=O)C1=C(C(=O)c2ccc(Cl)cc2)[C@H](c2ccccc2)n2cnnc2N1. The number of ether oxygens (including phenoxy) is 1. The molecular weight excluding hydrogens is 380 g/mol. The number of nitrogens with one attached hydrogen (secondary N) is 1. The predicted molar refractivity (Wildman–Crippen MR) is 103 cm³/mol. The number of methoxy groups -OCH3 is 1. The molecule has 0 unspecified atom stereocenters. The Bertz CT molecular complexity index is 1070. The Kier molecular flexibility index (Phi) is 4.67. The number of rotatable bonds is 4. The van der Waals surface area contributed by atoms with Gasteiger partial charge < -0.3 is 10.1 Å². The zero-order valence-corrected chi connectivity index (χ0v) is 15.6. The highest BCUT2D eigenvalue weighted by Gasteiger charge is 2.37. The highest BCUT2D eigenvalue weighted by atomic mass is 35.5. The minimum absolute atomic E-state index is 0.0387. The van der Waals surface area contributed by atoms with Gasteiger partial charge in [-0.3, -0.25) is 9.36 Å². The normalized spacial score (nSPS) is 15.6. The molecule has 0 saturated carbocycles. The Balaban J connectivity index is 1.94. The van der Waals surface area contributed by atoms with E-state index in [1.54, 1.807) is 28.8 Å². The zero-order valence-electron chi connectivity index (χ0n) is 14.8. The van der Waals surface area contributed by atoms with Crippen molar-refractivity contribution >= 4 is 29.3 Å². The van der Waals surface area contributed by atoms with Crippen LogP contribution in [-0.4, -0.2) is 33.6 Å². The van der Waals surface area contributed by atoms with Crippen LogP contribution in [0.3, 0.4) is 0 Å². The Labute approximate surface area is 165 Å². The van der Waals surface area contributed by atoms with Gasteiger partial charge in [-0.05, 0) is 29.8 Å². The summed E-state index contributed by atoms with van der Waals surface area (Å²) in [6.07, 6.45) is 1.52. The molecule has 28 heavy (non-hydrogen) atoms. The standard InChI is InChI=1S/C20H15ClN4O3/c1-28-19(27)16-15(18(26)13-7-9-14(21)10-8-13)17(12-5-3-2-4-6-12)25-11-22-24-20(25)23-16/h2-11,17H,1H3,(H,23,24)/t17-/m0/s1. The van der Waals surface area contributed by atoms with Crippen molar-refractivity contribution in [2.24, 2.45) is 0 Å². The summed E-state index contributed by atoms with van der Waals surface area (Å²) in [5, 5.41) is 11.3. The van der Waals surface area contributed by atoms with Crippen LogP contribution in [0.15, 0.2) is 72.2 Å². The van der Waals surface area contributed by atoms with E-state index in [9.17, 15) is 9.59 Å². The predicted octanol–water partition coefficient (Wildman–Crippen LogP) is 3.26. The summed E-state index contributed by atoms with van der Waals surface area (Å²) in [5.41, 5.74) is 1.49. The second kappa shape index (κ2) is 7.28. The molecule has 4 rings (SSSR count). The van der Waals surface area contributed by atoms with E-state index in [1.807, 2.05) is 30.3 Å². The van der Waals surface area contributed by atoms with E-state index in [1.165, 1.54) is 13.4 Å². The number of carbonyl (C=O) groups excluding carboxylic acids is 2. The number of carbonyl (C=O) groups is 2. The van der Waals surface area contributed by atoms with E-state index in [-0.39, 0.29) is 17.1 Å². The van der Waals surface area contributed by atoms with E-state index in [2.05, 4.69) is 15.5 Å². The third kappa shape index (κ3) is 3.05. The summed E-state index contributed by atoms with van der Waals surface area (Å²) in [5.74, 6) is -0.632. The molecule has 1 aliphatic heterocycles. The molecule has 1 N–H and O–H groups in total. The van der Waals surface area contributed by atoms with E-state index < -0.39 is 12.0 Å². The van der Waals surface area contributed by atoms with Crippen molar-refractivity contribution in [3.05, 3.63) is 88.3 Å². The van der Waals surface area contributed by atoms with Gasteiger partial charge in [0.1, 0.15) is 12.0 Å². The van der Waals surface area contributed by atoms with Crippen molar-refractivity contribution < 1.29 is 14.3 Å². The number of allylic oxidation sites excluding steroid dienone is 1. The second-order valence-corrected chi connectivity index (χ2v) is 6.55. The van der Waals surface area contributed by atoms with Gasteiger partial charge in [0, 0.05) is 10.6 Å². The lowest BCUT2D eigenvalue weighted by Gasteiger charge is -2.29. The number of esters is 1. The van der Waals surface area contributed by atoms with Crippen LogP contribution < -0.4 is 5.32 Å². The first kappa shape index (κ1) is 17.9. The van der Waals surface area contributed by atoms with Gasteiger partial charge in [-0.15, -0.1) is 10.2 Å². The lowest BCUT2D eigenvalue weighted by atomic mass is 9.89. The Morgan fingerprint density at radius 3 is 2.50 bits per heavy atom. The number of Topliss-reactive ketones (excluding diaryl/α,β-unsaturated/α-hetero) is 1. The maximum Gasteiger partial charge on any atom is 0.355 e. The molecule has 1 atom stereocenters. The summed E-state index contributed by atoms with van der Waals surface area (Å²) in [6, 6.07) is 15.3. The number of aromatic nitrogens is 3. The van der Waals surface area contributed by atoms with Crippen molar-refractivity contribution in [1.82, 2.24) is 14.8 Å². The molecule has 1 aliphatic rings. The summed E-state index contributed by atoms with van der Waals surface area (Å²) in [6.45, 7) is 0. The average Bonchev–Trinajstić information content (AvgIpc) is 3.21. The largest absolute Gasteiger partial charge is 0.464 e. The number of nitrogens with zero attached hydrogens (tertiary/aromatic N) is 3. The van der Waals surface area contributed by atoms with Gasteiger partial charge >= 0.3 is 5.97 Å². The number of halogens is 1. The van der Waals surface area contributed by atoms with Crippen LogP contribution in [0.25, 0.3) is 0 Å². The van der Waals surface area contributed by atoms with Gasteiger partial charge in [-0.1, -0.05) is 41.9 Å². The number of fused-ring (bicyclic) bond motifs is 1. The molecule has 0 saturated heterocycles. The van der Waals surface area contributed by atoms with Crippen molar-refractivity contribution in [3.8, 4) is 0 Å². The molecular formula is C20H15ClN4O3. The van der Waals surface area contributed by atoms with Crippen LogP contribution in [0.4, 0.5) is 5.95 Å². The van der Waals surface area contributed by atoms with Crippen LogP contribution in [0.2, 0.25) is 5.02 Å². The second-order valence-electron chi connectivity index (χ2n) is 6.12. The van der Waals surface area contributed by atoms with Crippen LogP contribution in [0.5, 0.6) is 0 Å². The van der Waals surface area contributed by atoms with E-state index in [0.717, 1.165) is 5.56 Å². The molecule has 0 radical (unpaired) electrons. The Hall–Kier alpha value is -3.45. The molecule has 0 aliphatic carbocycles. The highest BCUT2D eigenvalue weighted by molar-refractivity contribution is 6.30. The highest BCUT2D eigenvalue weighted by Crippen LogP contribution is 2.37. The first-order valence-electron chi connectivity index (χ1n) is 8.44. The third-order valence-electron chi connectivity index (χ3n) is 4.49. The monoisotopic (exact) mass is 394 g/mol. The molecule has 2 aromatic carbocycles. The molecule has 1 aromatic heterocycles. The first-order valence-corrected chi connectivity index (χ1v) is 8.82. The van der Waals surface area contributed by atoms with Crippen LogP contribution >= 0.6 is 11.6 Å². The summed E-state index contributed by atoms with van der Waals surface area (Å²) in [4.78, 5) is 26.0. The molecule has 0 amide bonds. The van der Waals surface area contributed by atoms with Crippen molar-refractivity contribution in [2.75, 3.05) is 12.4 Å². The van der Waals surface area contributed by atoms with Gasteiger partial charge in [-0.2, -0.15) is 0 Å². The van der Waals surface area contributed by atoms with Gasteiger partial charge in [0.15, 0.2) is 5.78 Å². The van der Waals surface area contributed by atoms with E-state index >= 15 is 0 Å². The molecule has 3 aromatic rings. The zero-order chi connectivity index (χ0) is 19.7. The van der Waals surface area contributed by atoms with E-state index in [4.69, 9.17) is 16.3 Å². The number of benzene rings is 2. The average molecular weight is 395 g/mol. The first-order chi connectivity index (χ1) is 13.6. The lowest BCUT2D eigenvalue weighted by molar-refractivity contribution is -0.136. The maximum absolute atomic E-state index is 13.5. The van der Waals surface area contributed by atoms with E-state index in [0.29, 0.717) is 16.5 Å². The minimum atomic E-state index is -0.660. The minimum Gasteiger partial charge on any atom is -0.464 e. The van der Waals surface area contributed by atoms with Gasteiger partial charge in [-0.25, -0.2) is 4.79 Å². The van der Waals surface area contributed by atoms with Crippen LogP contribution in [-0.2, 0) is 9.53 Å². The van der Waals surface area contributed by atoms with Crippen LogP contribution in [0, 0.1) is 0 Å². The lowest BCUT2D eigenvalue weighted by Crippen LogP contribution is -2.32. The van der Waals surface area contributed by atoms with Crippen molar-refractivity contribution in [3.63, 3.8) is 0 Å². The molecule has 0 fully saturated rings. The molecule has 2 heterocycles. The maximum atomic E-state index is 13.5. The smallest absolute Gasteiger partial charge is 0.355 e. The molecule has 140 valence electrons. The number of anilines is 1. The topological polar surface area (TPSA) is 86.1 Å². The van der Waals surface area contributed by atoms with Gasteiger partial charge in [0.2, 0.25) is 5.95 Å². The van der Waals surface area contributed by atoms with Crippen LogP contribution in [0.1, 0.15) is 22.0 Å². The third-order valence-corrected chi connectivity index (χ3v) is 4.74. The fourth-order valence-corrected chi connectivity index (χ4v) is 3.32. The molecule has 0 spiro atoms. The molecule has 0 bridgehead atoms. The Morgan fingerprint density at radius 1 is 1.11 bits per heavy atom. The fourth-order valence-electron chi connectivity index (χ4n) is 3.20. The number of hydrogen-bond donors (Lipinski definition) is 1. The van der Waals surface area contributed by atoms with Crippen molar-refractivity contribution in [1.29, 1.82) is 0 Å². The molecule has 8 heteroatoms. The summed E-state index contributed by atoms with van der Waals surface area (Å²) in [7, 11) is 1.26. The summed E-state index contributed by atoms with van der Waals surface area (Å²) >= 11 is 5.95. The number of ketones is 1. The van der Waals surface area contributed by atoms with Gasteiger partial charge in [0.05, 0.1) is 18.7 Å². The Morgan fingerprint density at radius 2 is 1.82 bits per heavy atom. The van der Waals surface area contributed by atoms with Crippen molar-refractivity contribution in [2.45, 2.75) is 6.04 Å². The molecule has 7 nitrogen and oxygen atoms in total. The quantitative estimate of drug-likeness (QED) is 0.540.